The third-order valence-electron chi connectivity index (χ3n) is 2.42. The summed E-state index contributed by atoms with van der Waals surface area (Å²) >= 11 is 0. The Bertz CT molecular complexity index is 411. The van der Waals surface area contributed by atoms with Gasteiger partial charge in [-0.15, -0.1) is 0 Å². The molecule has 1 atom stereocenters. The molecule has 0 saturated carbocycles. The second-order valence-corrected chi connectivity index (χ2v) is 4.65. The fraction of sp³-hybridized carbons (Fsp3) is 0.700. The van der Waals surface area contributed by atoms with Crippen LogP contribution in [0.1, 0.15) is 13.8 Å². The number of nitrogens with zero attached hydrogens (tertiary/aromatic N) is 3. The van der Waals surface area contributed by atoms with Gasteiger partial charge in [-0.2, -0.15) is 4.68 Å². The summed E-state index contributed by atoms with van der Waals surface area (Å²) in [7, 11) is 0. The molecule has 1 aliphatic rings. The molecule has 1 aromatic rings. The van der Waals surface area contributed by atoms with E-state index in [1.165, 1.54) is 10.7 Å². The van der Waals surface area contributed by atoms with Crippen LogP contribution in [-0.2, 0) is 16.0 Å². The largest absolute Gasteiger partial charge is 0.389 e. The molecule has 0 aromatic carbocycles. The molecule has 1 saturated heterocycles. The van der Waals surface area contributed by atoms with Crippen LogP contribution in [0.3, 0.4) is 0 Å². The van der Waals surface area contributed by atoms with Gasteiger partial charge >= 0.3 is 5.82 Å². The Labute approximate surface area is 98.5 Å². The van der Waals surface area contributed by atoms with Gasteiger partial charge in [0, 0.05) is 0 Å². The molecule has 0 bridgehead atoms. The number of epoxide rings is 1. The predicted octanol–water partition coefficient (Wildman–Crippen LogP) is 0.985. The fourth-order valence-corrected chi connectivity index (χ4v) is 1.45. The third-order valence-corrected chi connectivity index (χ3v) is 2.42. The minimum absolute atomic E-state index is 0.147. The van der Waals surface area contributed by atoms with Crippen LogP contribution in [0.25, 0.3) is 0 Å². The van der Waals surface area contributed by atoms with E-state index >= 15 is 0 Å². The van der Waals surface area contributed by atoms with E-state index < -0.39 is 10.5 Å². The molecule has 2 rings (SSSR count). The first kappa shape index (κ1) is 12.0. The van der Waals surface area contributed by atoms with Gasteiger partial charge in [-0.1, -0.05) is 0 Å². The van der Waals surface area contributed by atoms with Crippen LogP contribution in [0.15, 0.2) is 12.3 Å². The fourth-order valence-electron chi connectivity index (χ4n) is 1.45. The number of rotatable bonds is 6. The van der Waals surface area contributed by atoms with Crippen molar-refractivity contribution in [3.63, 3.8) is 0 Å². The predicted molar refractivity (Wildman–Crippen MR) is 58.7 cm³/mol. The van der Waals surface area contributed by atoms with Crippen molar-refractivity contribution >= 4 is 5.82 Å². The van der Waals surface area contributed by atoms with Crippen molar-refractivity contribution in [1.29, 1.82) is 0 Å². The standard InChI is InChI=1S/C10H15N3O4/c1-10(2,17-6-8-5-16-8)7-12-4-3-9(11-12)13(14)15/h3-4,8H,5-7H2,1-2H3/t8-/m1/s1. The van der Waals surface area contributed by atoms with E-state index in [-0.39, 0.29) is 11.9 Å². The van der Waals surface area contributed by atoms with Crippen LogP contribution < -0.4 is 0 Å². The van der Waals surface area contributed by atoms with Crippen molar-refractivity contribution in [2.24, 2.45) is 0 Å². The highest BCUT2D eigenvalue weighted by Gasteiger charge is 2.28. The molecule has 0 amide bonds. The Hall–Kier alpha value is -1.47. The van der Waals surface area contributed by atoms with E-state index in [4.69, 9.17) is 9.47 Å². The molecular weight excluding hydrogens is 226 g/mol. The first-order valence-electron chi connectivity index (χ1n) is 5.40. The van der Waals surface area contributed by atoms with Crippen LogP contribution in [0.5, 0.6) is 0 Å². The van der Waals surface area contributed by atoms with E-state index in [1.807, 2.05) is 13.8 Å². The lowest BCUT2D eigenvalue weighted by molar-refractivity contribution is -0.389. The molecular formula is C10H15N3O4. The summed E-state index contributed by atoms with van der Waals surface area (Å²) in [5.74, 6) is -0.147. The quantitative estimate of drug-likeness (QED) is 0.421. The van der Waals surface area contributed by atoms with Gasteiger partial charge < -0.3 is 19.6 Å². The number of ether oxygens (including phenoxy) is 2. The van der Waals surface area contributed by atoms with E-state index in [0.29, 0.717) is 13.2 Å². The highest BCUT2D eigenvalue weighted by molar-refractivity contribution is 5.14. The molecule has 0 aliphatic carbocycles. The Morgan fingerprint density at radius 2 is 2.47 bits per heavy atom. The highest BCUT2D eigenvalue weighted by atomic mass is 16.6. The van der Waals surface area contributed by atoms with E-state index in [1.54, 1.807) is 6.20 Å². The molecule has 0 radical (unpaired) electrons. The smallest absolute Gasteiger partial charge is 0.371 e. The maximum Gasteiger partial charge on any atom is 0.389 e. The Balaban J connectivity index is 1.90. The van der Waals surface area contributed by atoms with E-state index in [2.05, 4.69) is 5.10 Å². The van der Waals surface area contributed by atoms with Crippen LogP contribution in [-0.4, -0.2) is 39.6 Å². The SMILES string of the molecule is CC(C)(Cn1ccc([N+](=O)[O-])n1)OC[C@H]1CO1. The van der Waals surface area contributed by atoms with Crippen molar-refractivity contribution in [3.8, 4) is 0 Å². The van der Waals surface area contributed by atoms with Gasteiger partial charge in [0.05, 0.1) is 42.7 Å². The van der Waals surface area contributed by atoms with Gasteiger partial charge in [-0.3, -0.25) is 0 Å². The third kappa shape index (κ3) is 3.50. The minimum atomic E-state index is -0.512. The second-order valence-electron chi connectivity index (χ2n) is 4.65. The monoisotopic (exact) mass is 241 g/mol. The van der Waals surface area contributed by atoms with Gasteiger partial charge in [0.1, 0.15) is 6.10 Å². The van der Waals surface area contributed by atoms with Crippen LogP contribution in [0.4, 0.5) is 5.82 Å². The van der Waals surface area contributed by atoms with Crippen molar-refractivity contribution in [2.45, 2.75) is 32.1 Å². The topological polar surface area (TPSA) is 82.7 Å². The molecule has 94 valence electrons. The molecule has 17 heavy (non-hydrogen) atoms. The molecule has 1 aliphatic heterocycles. The van der Waals surface area contributed by atoms with Crippen molar-refractivity contribution in [3.05, 3.63) is 22.4 Å². The zero-order valence-electron chi connectivity index (χ0n) is 9.83. The summed E-state index contributed by atoms with van der Waals surface area (Å²) in [5.41, 5.74) is -0.425. The number of hydrogen-bond donors (Lipinski definition) is 0. The Morgan fingerprint density at radius 3 is 3.00 bits per heavy atom. The molecule has 0 N–H and O–H groups in total. The van der Waals surface area contributed by atoms with Gasteiger partial charge in [0.2, 0.25) is 0 Å². The van der Waals surface area contributed by atoms with Gasteiger partial charge in [0.25, 0.3) is 0 Å². The summed E-state index contributed by atoms with van der Waals surface area (Å²) in [6.07, 6.45) is 1.79. The minimum Gasteiger partial charge on any atom is -0.371 e. The van der Waals surface area contributed by atoms with Crippen LogP contribution in [0, 0.1) is 10.1 Å². The van der Waals surface area contributed by atoms with Crippen molar-refractivity contribution in [2.75, 3.05) is 13.2 Å². The maximum absolute atomic E-state index is 10.5. The summed E-state index contributed by atoms with van der Waals surface area (Å²) < 4.78 is 12.2. The molecule has 7 nitrogen and oxygen atoms in total. The lowest BCUT2D eigenvalue weighted by atomic mass is 10.1. The molecule has 1 aromatic heterocycles. The molecule has 1 fully saturated rings. The van der Waals surface area contributed by atoms with Gasteiger partial charge in [-0.25, -0.2) is 0 Å². The highest BCUT2D eigenvalue weighted by Crippen LogP contribution is 2.18. The Morgan fingerprint density at radius 1 is 1.76 bits per heavy atom. The van der Waals surface area contributed by atoms with Gasteiger partial charge in [0.15, 0.2) is 0 Å². The summed E-state index contributed by atoms with van der Waals surface area (Å²) in [6, 6.07) is 1.38. The normalized spacial score (nSPS) is 19.3. The van der Waals surface area contributed by atoms with Crippen LogP contribution >= 0.6 is 0 Å². The first-order chi connectivity index (χ1) is 7.96. The Kier molecular flexibility index (Phi) is 3.12. The maximum atomic E-state index is 10.5. The first-order valence-corrected chi connectivity index (χ1v) is 5.40. The van der Waals surface area contributed by atoms with Crippen LogP contribution in [0.2, 0.25) is 0 Å². The molecule has 0 spiro atoms. The molecule has 7 heteroatoms. The lowest BCUT2D eigenvalue weighted by Gasteiger charge is -2.23. The zero-order chi connectivity index (χ0) is 12.5. The van der Waals surface area contributed by atoms with Crippen molar-refractivity contribution in [1.82, 2.24) is 9.78 Å². The van der Waals surface area contributed by atoms with E-state index in [0.717, 1.165) is 6.61 Å². The summed E-state index contributed by atoms with van der Waals surface area (Å²) in [5, 5.41) is 14.3. The molecule has 2 heterocycles. The lowest BCUT2D eigenvalue weighted by Crippen LogP contribution is -2.32. The van der Waals surface area contributed by atoms with E-state index in [9.17, 15) is 10.1 Å². The number of nitro groups is 1. The average Bonchev–Trinajstić information content (AvgIpc) is 2.95. The second kappa shape index (κ2) is 4.42. The summed E-state index contributed by atoms with van der Waals surface area (Å²) in [6.45, 7) is 5.61. The number of hydrogen-bond acceptors (Lipinski definition) is 5. The molecule has 0 unspecified atom stereocenters. The number of aromatic nitrogens is 2. The van der Waals surface area contributed by atoms with Crippen molar-refractivity contribution < 1.29 is 14.4 Å². The zero-order valence-corrected chi connectivity index (χ0v) is 9.83. The average molecular weight is 241 g/mol. The van der Waals surface area contributed by atoms with Gasteiger partial charge in [-0.05, 0) is 18.8 Å². The summed E-state index contributed by atoms with van der Waals surface area (Å²) in [4.78, 5) is 9.97.